The van der Waals surface area contributed by atoms with Gasteiger partial charge in [-0.3, -0.25) is 14.6 Å². The molecular formula is C25H25N5O2S. The van der Waals surface area contributed by atoms with Gasteiger partial charge in [-0.1, -0.05) is 18.2 Å². The Hall–Kier alpha value is -3.28. The van der Waals surface area contributed by atoms with E-state index in [-0.39, 0.29) is 24.5 Å². The van der Waals surface area contributed by atoms with Gasteiger partial charge >= 0.3 is 6.03 Å². The molecule has 8 heteroatoms. The number of piperidine rings is 1. The number of aromatic nitrogens is 1. The number of urea groups is 1. The molecular weight excluding hydrogens is 434 g/mol. The number of imide groups is 1. The number of carbonyl (C=O) groups is 2. The number of likely N-dealkylation sites (N-methyl/N-ethyl adjacent to an activating group) is 1. The normalized spacial score (nSPS) is 19.4. The number of likely N-dealkylation sites (tertiary alicyclic amines) is 1. The molecule has 1 unspecified atom stereocenters. The average molecular weight is 460 g/mol. The van der Waals surface area contributed by atoms with Crippen molar-refractivity contribution < 1.29 is 9.59 Å². The molecule has 5 rings (SSSR count). The topological polar surface area (TPSA) is 80.5 Å². The van der Waals surface area contributed by atoms with Gasteiger partial charge in [-0.15, -0.1) is 11.3 Å². The van der Waals surface area contributed by atoms with Crippen LogP contribution in [0, 0.1) is 11.3 Å². The summed E-state index contributed by atoms with van der Waals surface area (Å²) in [7, 11) is 1.74. The fourth-order valence-electron chi connectivity index (χ4n) is 5.03. The summed E-state index contributed by atoms with van der Waals surface area (Å²) in [5.41, 5.74) is 4.72. The van der Waals surface area contributed by atoms with E-state index < -0.39 is 5.54 Å². The van der Waals surface area contributed by atoms with Gasteiger partial charge in [0, 0.05) is 26.2 Å². The smallest absolute Gasteiger partial charge is 0.312 e. The Morgan fingerprint density at radius 3 is 2.58 bits per heavy atom. The number of hydrogen-bond donors (Lipinski definition) is 0. The van der Waals surface area contributed by atoms with Gasteiger partial charge in [0.2, 0.25) is 0 Å². The number of carbonyl (C=O) groups excluding carboxylic acids is 2. The third-order valence-electron chi connectivity index (χ3n) is 7.24. The molecule has 2 saturated heterocycles. The molecule has 0 N–H and O–H groups in total. The highest BCUT2D eigenvalue weighted by atomic mass is 32.1. The van der Waals surface area contributed by atoms with E-state index in [1.807, 2.05) is 5.51 Å². The Balaban J connectivity index is 1.30. The van der Waals surface area contributed by atoms with E-state index in [0.29, 0.717) is 18.4 Å². The van der Waals surface area contributed by atoms with E-state index in [1.54, 1.807) is 47.5 Å². The second-order valence-corrected chi connectivity index (χ2v) is 9.75. The van der Waals surface area contributed by atoms with E-state index in [4.69, 9.17) is 5.26 Å². The molecule has 0 bridgehead atoms. The van der Waals surface area contributed by atoms with Crippen LogP contribution >= 0.6 is 11.3 Å². The van der Waals surface area contributed by atoms with Crippen LogP contribution in [0.5, 0.6) is 0 Å². The molecule has 33 heavy (non-hydrogen) atoms. The van der Waals surface area contributed by atoms with Crippen LogP contribution in [-0.2, 0) is 11.3 Å². The predicted octanol–water partition coefficient (Wildman–Crippen LogP) is 4.16. The first-order valence-electron chi connectivity index (χ1n) is 11.1. The van der Waals surface area contributed by atoms with Crippen molar-refractivity contribution in [2.45, 2.75) is 37.9 Å². The average Bonchev–Trinajstić information content (AvgIpc) is 3.39. The largest absolute Gasteiger partial charge is 0.327 e. The van der Waals surface area contributed by atoms with Gasteiger partial charge in [0.1, 0.15) is 5.54 Å². The lowest BCUT2D eigenvalue weighted by Gasteiger charge is -2.43. The van der Waals surface area contributed by atoms with Gasteiger partial charge in [0.15, 0.2) is 0 Å². The van der Waals surface area contributed by atoms with Gasteiger partial charge < -0.3 is 4.90 Å². The number of thiazole rings is 1. The third kappa shape index (κ3) is 3.58. The lowest BCUT2D eigenvalue weighted by atomic mass is 9.85. The van der Waals surface area contributed by atoms with Crippen LogP contribution in [0.25, 0.3) is 10.2 Å². The first kappa shape index (κ1) is 21.6. The van der Waals surface area contributed by atoms with Gasteiger partial charge in [-0.05, 0) is 55.2 Å². The van der Waals surface area contributed by atoms with Crippen molar-refractivity contribution in [1.29, 1.82) is 5.26 Å². The van der Waals surface area contributed by atoms with Crippen molar-refractivity contribution >= 4 is 33.5 Å². The fourth-order valence-corrected chi connectivity index (χ4v) is 5.69. The molecule has 3 amide bonds. The molecule has 1 aromatic heterocycles. The van der Waals surface area contributed by atoms with E-state index in [0.717, 1.165) is 24.2 Å². The molecule has 1 spiro atoms. The molecule has 0 saturated carbocycles. The van der Waals surface area contributed by atoms with Crippen molar-refractivity contribution in [2.75, 3.05) is 20.1 Å². The maximum Gasteiger partial charge on any atom is 0.327 e. The lowest BCUT2D eigenvalue weighted by molar-refractivity contribution is -0.135. The summed E-state index contributed by atoms with van der Waals surface area (Å²) in [5.74, 6) is -0.115. The molecule has 0 radical (unpaired) electrons. The van der Waals surface area contributed by atoms with Crippen LogP contribution in [0.15, 0.2) is 48.0 Å². The minimum atomic E-state index is -0.779. The highest BCUT2D eigenvalue weighted by Crippen LogP contribution is 2.39. The Morgan fingerprint density at radius 1 is 1.15 bits per heavy atom. The number of amides is 3. The fraction of sp³-hybridized carbons (Fsp3) is 0.360. The number of nitrogens with zero attached hydrogens (tertiary/aromatic N) is 5. The minimum Gasteiger partial charge on any atom is -0.312 e. The summed E-state index contributed by atoms with van der Waals surface area (Å²) in [5, 5.41) is 8.99. The highest BCUT2D eigenvalue weighted by Gasteiger charge is 2.56. The molecule has 168 valence electrons. The van der Waals surface area contributed by atoms with E-state index in [9.17, 15) is 9.59 Å². The summed E-state index contributed by atoms with van der Waals surface area (Å²) < 4.78 is 1.18. The van der Waals surface area contributed by atoms with Gasteiger partial charge in [-0.25, -0.2) is 9.78 Å². The third-order valence-corrected chi connectivity index (χ3v) is 8.05. The SMILES string of the molecule is CC(c1ccc2scnc2c1)N1CCC2(CC1)C(=O)N(Cc1ccc(C#N)cc1)C(=O)N2C. The highest BCUT2D eigenvalue weighted by molar-refractivity contribution is 7.16. The Bertz CT molecular complexity index is 1250. The first-order chi connectivity index (χ1) is 15.9. The van der Waals surface area contributed by atoms with Crippen LogP contribution in [0.2, 0.25) is 0 Å². The summed E-state index contributed by atoms with van der Waals surface area (Å²) in [6, 6.07) is 15.5. The molecule has 7 nitrogen and oxygen atoms in total. The summed E-state index contributed by atoms with van der Waals surface area (Å²) in [4.78, 5) is 36.3. The van der Waals surface area contributed by atoms with Crippen LogP contribution in [0.3, 0.4) is 0 Å². The zero-order valence-corrected chi connectivity index (χ0v) is 19.5. The van der Waals surface area contributed by atoms with E-state index >= 15 is 0 Å². The Kier molecular flexibility index (Phi) is 5.39. The zero-order valence-electron chi connectivity index (χ0n) is 18.7. The van der Waals surface area contributed by atoms with Gasteiger partial charge in [0.25, 0.3) is 5.91 Å². The van der Waals surface area contributed by atoms with Crippen molar-refractivity contribution in [1.82, 2.24) is 19.7 Å². The standard InChI is InChI=1S/C25H25N5O2S/c1-17(20-7-8-22-21(13-20)27-16-33-22)29-11-9-25(10-12-29)23(31)30(24(32)28(25)2)15-19-5-3-18(14-26)4-6-19/h3-8,13,16-17H,9-12,15H2,1-2H3. The van der Waals surface area contributed by atoms with Crippen LogP contribution < -0.4 is 0 Å². The number of nitriles is 1. The number of benzene rings is 2. The van der Waals surface area contributed by atoms with Crippen LogP contribution in [0.1, 0.15) is 42.5 Å². The van der Waals surface area contributed by atoms with Crippen molar-refractivity contribution in [3.8, 4) is 6.07 Å². The zero-order chi connectivity index (χ0) is 23.2. The summed E-state index contributed by atoms with van der Waals surface area (Å²) >= 11 is 1.64. The van der Waals surface area contributed by atoms with Crippen molar-refractivity contribution in [2.24, 2.45) is 0 Å². The number of rotatable bonds is 4. The maximum atomic E-state index is 13.5. The first-order valence-corrected chi connectivity index (χ1v) is 12.0. The maximum absolute atomic E-state index is 13.5. The summed E-state index contributed by atoms with van der Waals surface area (Å²) in [6.07, 6.45) is 1.22. The molecule has 1 atom stereocenters. The Labute approximate surface area is 196 Å². The number of fused-ring (bicyclic) bond motifs is 1. The van der Waals surface area contributed by atoms with Crippen LogP contribution in [0.4, 0.5) is 4.79 Å². The van der Waals surface area contributed by atoms with Gasteiger partial charge in [-0.2, -0.15) is 5.26 Å². The molecule has 0 aliphatic carbocycles. The summed E-state index contributed by atoms with van der Waals surface area (Å²) in [6.45, 7) is 3.89. The minimum absolute atomic E-state index is 0.115. The van der Waals surface area contributed by atoms with Crippen molar-refractivity contribution in [3.05, 3.63) is 64.7 Å². The monoisotopic (exact) mass is 459 g/mol. The van der Waals surface area contributed by atoms with E-state index in [1.165, 1.54) is 15.2 Å². The Morgan fingerprint density at radius 2 is 1.88 bits per heavy atom. The molecule has 2 aromatic carbocycles. The second-order valence-electron chi connectivity index (χ2n) is 8.86. The van der Waals surface area contributed by atoms with Crippen LogP contribution in [-0.4, -0.2) is 57.3 Å². The molecule has 3 heterocycles. The quantitative estimate of drug-likeness (QED) is 0.548. The predicted molar refractivity (Wildman–Crippen MR) is 126 cm³/mol. The number of hydrogen-bond acceptors (Lipinski definition) is 6. The molecule has 2 aliphatic rings. The molecule has 2 aliphatic heterocycles. The van der Waals surface area contributed by atoms with Crippen molar-refractivity contribution in [3.63, 3.8) is 0 Å². The second kappa shape index (κ2) is 8.25. The lowest BCUT2D eigenvalue weighted by Crippen LogP contribution is -2.55. The molecule has 2 fully saturated rings. The van der Waals surface area contributed by atoms with E-state index in [2.05, 4.69) is 41.1 Å². The van der Waals surface area contributed by atoms with Gasteiger partial charge in [0.05, 0.1) is 33.9 Å². The molecule has 3 aromatic rings.